The van der Waals surface area contributed by atoms with E-state index < -0.39 is 6.10 Å². The predicted octanol–water partition coefficient (Wildman–Crippen LogP) is 4.30. The van der Waals surface area contributed by atoms with Crippen LogP contribution in [-0.2, 0) is 19.5 Å². The monoisotopic (exact) mass is 419 g/mol. The third-order valence-corrected chi connectivity index (χ3v) is 5.80. The Morgan fingerprint density at radius 3 is 1.74 bits per heavy atom. The number of methoxy groups -OCH3 is 1. The lowest BCUT2D eigenvalue weighted by atomic mass is 9.91. The van der Waals surface area contributed by atoms with Crippen LogP contribution in [0.3, 0.4) is 0 Å². The van der Waals surface area contributed by atoms with Crippen molar-refractivity contribution in [1.82, 2.24) is 4.90 Å². The molecule has 0 aliphatic heterocycles. The van der Waals surface area contributed by atoms with Crippen LogP contribution in [0.25, 0.3) is 0 Å². The highest BCUT2D eigenvalue weighted by Gasteiger charge is 2.30. The zero-order valence-electron chi connectivity index (χ0n) is 18.4. The number of hydrogen-bond acceptors (Lipinski definition) is 4. The summed E-state index contributed by atoms with van der Waals surface area (Å²) in [5.41, 5.74) is 3.52. The van der Waals surface area contributed by atoms with Gasteiger partial charge in [0.15, 0.2) is 0 Å². The molecular formula is C27H33NO3. The first-order valence-corrected chi connectivity index (χ1v) is 10.8. The fourth-order valence-corrected chi connectivity index (χ4v) is 3.88. The van der Waals surface area contributed by atoms with Gasteiger partial charge in [0.2, 0.25) is 0 Å². The standard InChI is InChI=1S/C27H33NO3/c1-21(20-29)27(30)26(17-22-13-15-25(31-2)16-14-22)28(18-23-9-5-3-6-10-23)19-24-11-7-4-8-12-24/h3-16,21,26-27,29-30H,17-20H2,1-2H3/t21-,26+,27+/m0/s1. The van der Waals surface area contributed by atoms with Crippen LogP contribution in [-0.4, -0.2) is 41.0 Å². The molecule has 3 atom stereocenters. The summed E-state index contributed by atoms with van der Waals surface area (Å²) >= 11 is 0. The van der Waals surface area contributed by atoms with Crippen molar-refractivity contribution in [3.05, 3.63) is 102 Å². The molecule has 0 amide bonds. The van der Waals surface area contributed by atoms with E-state index in [1.165, 1.54) is 11.1 Å². The molecule has 0 aliphatic carbocycles. The second-order valence-electron chi connectivity index (χ2n) is 8.15. The fourth-order valence-electron chi connectivity index (χ4n) is 3.88. The minimum absolute atomic E-state index is 0.0508. The molecule has 4 heteroatoms. The fraction of sp³-hybridized carbons (Fsp3) is 0.333. The van der Waals surface area contributed by atoms with E-state index in [9.17, 15) is 10.2 Å². The van der Waals surface area contributed by atoms with Crippen molar-refractivity contribution in [2.24, 2.45) is 5.92 Å². The molecule has 0 aliphatic rings. The van der Waals surface area contributed by atoms with Crippen molar-refractivity contribution >= 4 is 0 Å². The normalized spacial score (nSPS) is 14.2. The Morgan fingerprint density at radius 1 is 0.774 bits per heavy atom. The molecule has 0 bridgehead atoms. The van der Waals surface area contributed by atoms with Gasteiger partial charge in [-0.1, -0.05) is 79.7 Å². The van der Waals surface area contributed by atoms with Gasteiger partial charge in [-0.15, -0.1) is 0 Å². The number of rotatable bonds is 11. The second kappa shape index (κ2) is 11.7. The van der Waals surface area contributed by atoms with E-state index in [0.717, 1.165) is 11.3 Å². The van der Waals surface area contributed by atoms with Crippen LogP contribution in [0, 0.1) is 5.92 Å². The maximum Gasteiger partial charge on any atom is 0.118 e. The largest absolute Gasteiger partial charge is 0.497 e. The molecule has 3 rings (SSSR count). The molecule has 0 saturated heterocycles. The zero-order chi connectivity index (χ0) is 22.1. The van der Waals surface area contributed by atoms with E-state index >= 15 is 0 Å². The van der Waals surface area contributed by atoms with Gasteiger partial charge in [0.25, 0.3) is 0 Å². The average Bonchev–Trinajstić information content (AvgIpc) is 2.83. The number of aliphatic hydroxyl groups is 2. The maximum atomic E-state index is 11.2. The molecule has 3 aromatic carbocycles. The Hall–Kier alpha value is -2.66. The summed E-state index contributed by atoms with van der Waals surface area (Å²) < 4.78 is 5.29. The lowest BCUT2D eigenvalue weighted by Gasteiger charge is -2.37. The van der Waals surface area contributed by atoms with Gasteiger partial charge in [-0.2, -0.15) is 0 Å². The van der Waals surface area contributed by atoms with Crippen LogP contribution in [0.5, 0.6) is 5.75 Å². The minimum Gasteiger partial charge on any atom is -0.497 e. The number of benzene rings is 3. The Bertz CT molecular complexity index is 842. The number of hydrogen-bond donors (Lipinski definition) is 2. The van der Waals surface area contributed by atoms with Crippen molar-refractivity contribution in [1.29, 1.82) is 0 Å². The SMILES string of the molecule is COc1ccc(C[C@H]([C@H](O)[C@@H](C)CO)N(Cc2ccccc2)Cc2ccccc2)cc1. The van der Waals surface area contributed by atoms with E-state index in [-0.39, 0.29) is 18.6 Å². The van der Waals surface area contributed by atoms with Gasteiger partial charge in [0.05, 0.1) is 13.2 Å². The summed E-state index contributed by atoms with van der Waals surface area (Å²) in [7, 11) is 1.66. The number of aliphatic hydroxyl groups excluding tert-OH is 2. The lowest BCUT2D eigenvalue weighted by Crippen LogP contribution is -2.47. The molecule has 0 aromatic heterocycles. The van der Waals surface area contributed by atoms with Gasteiger partial charge in [-0.25, -0.2) is 0 Å². The lowest BCUT2D eigenvalue weighted by molar-refractivity contribution is -0.00876. The summed E-state index contributed by atoms with van der Waals surface area (Å²) in [5.74, 6) is 0.590. The third-order valence-electron chi connectivity index (χ3n) is 5.80. The molecule has 2 N–H and O–H groups in total. The van der Waals surface area contributed by atoms with Gasteiger partial charge in [0.1, 0.15) is 5.75 Å². The van der Waals surface area contributed by atoms with Gasteiger partial charge >= 0.3 is 0 Å². The predicted molar refractivity (Wildman–Crippen MR) is 125 cm³/mol. The van der Waals surface area contributed by atoms with E-state index in [0.29, 0.717) is 19.5 Å². The molecule has 0 unspecified atom stereocenters. The first-order chi connectivity index (χ1) is 15.1. The molecule has 31 heavy (non-hydrogen) atoms. The van der Waals surface area contributed by atoms with Crippen molar-refractivity contribution in [2.45, 2.75) is 38.6 Å². The number of nitrogens with zero attached hydrogens (tertiary/aromatic N) is 1. The molecular weight excluding hydrogens is 386 g/mol. The third kappa shape index (κ3) is 6.66. The van der Waals surface area contributed by atoms with Crippen molar-refractivity contribution < 1.29 is 14.9 Å². The Kier molecular flexibility index (Phi) is 8.65. The molecule has 0 spiro atoms. The highest BCUT2D eigenvalue weighted by Crippen LogP contribution is 2.23. The van der Waals surface area contributed by atoms with Gasteiger partial charge < -0.3 is 14.9 Å². The Labute approximate surface area is 185 Å². The Balaban J connectivity index is 1.92. The second-order valence-corrected chi connectivity index (χ2v) is 8.15. The smallest absolute Gasteiger partial charge is 0.118 e. The van der Waals surface area contributed by atoms with E-state index in [1.807, 2.05) is 67.6 Å². The summed E-state index contributed by atoms with van der Waals surface area (Å²) in [5, 5.41) is 21.0. The molecule has 4 nitrogen and oxygen atoms in total. The van der Waals surface area contributed by atoms with Crippen molar-refractivity contribution in [2.75, 3.05) is 13.7 Å². The summed E-state index contributed by atoms with van der Waals surface area (Å²) in [6, 6.07) is 28.5. The van der Waals surface area contributed by atoms with Crippen LogP contribution in [0.4, 0.5) is 0 Å². The zero-order valence-corrected chi connectivity index (χ0v) is 18.4. The maximum absolute atomic E-state index is 11.2. The van der Waals surface area contributed by atoms with Crippen LogP contribution >= 0.6 is 0 Å². The van der Waals surface area contributed by atoms with Gasteiger partial charge in [-0.05, 0) is 35.2 Å². The van der Waals surface area contributed by atoms with E-state index in [4.69, 9.17) is 4.74 Å². The molecule has 3 aromatic rings. The van der Waals surface area contributed by atoms with Crippen LogP contribution in [0.1, 0.15) is 23.6 Å². The minimum atomic E-state index is -0.667. The number of ether oxygens (including phenoxy) is 1. The average molecular weight is 420 g/mol. The van der Waals surface area contributed by atoms with Crippen LogP contribution in [0.2, 0.25) is 0 Å². The molecule has 0 radical (unpaired) electrons. The highest BCUT2D eigenvalue weighted by atomic mass is 16.5. The summed E-state index contributed by atoms with van der Waals surface area (Å²) in [4.78, 5) is 2.33. The molecule has 0 heterocycles. The first-order valence-electron chi connectivity index (χ1n) is 10.8. The first kappa shape index (κ1) is 23.0. The topological polar surface area (TPSA) is 52.9 Å². The van der Waals surface area contributed by atoms with E-state index in [2.05, 4.69) is 29.2 Å². The van der Waals surface area contributed by atoms with Gasteiger partial charge in [-0.3, -0.25) is 4.90 Å². The van der Waals surface area contributed by atoms with Crippen LogP contribution < -0.4 is 4.74 Å². The molecule has 0 saturated carbocycles. The van der Waals surface area contributed by atoms with Crippen molar-refractivity contribution in [3.8, 4) is 5.75 Å². The van der Waals surface area contributed by atoms with Crippen molar-refractivity contribution in [3.63, 3.8) is 0 Å². The highest BCUT2D eigenvalue weighted by molar-refractivity contribution is 5.28. The molecule has 164 valence electrons. The summed E-state index contributed by atoms with van der Waals surface area (Å²) in [6.45, 7) is 3.28. The quantitative estimate of drug-likeness (QED) is 0.487. The molecule has 0 fully saturated rings. The van der Waals surface area contributed by atoms with E-state index in [1.54, 1.807) is 7.11 Å². The summed E-state index contributed by atoms with van der Waals surface area (Å²) in [6.07, 6.45) is 0.00866. The Morgan fingerprint density at radius 2 is 1.29 bits per heavy atom. The van der Waals surface area contributed by atoms with Gasteiger partial charge in [0, 0.05) is 31.7 Å². The van der Waals surface area contributed by atoms with Crippen LogP contribution in [0.15, 0.2) is 84.9 Å².